The zero-order chi connectivity index (χ0) is 29.3. The van der Waals surface area contributed by atoms with Gasteiger partial charge in [-0.15, -0.1) is 0 Å². The van der Waals surface area contributed by atoms with E-state index in [1.54, 1.807) is 0 Å². The first-order valence-electron chi connectivity index (χ1n) is 15.2. The Bertz CT molecular complexity index is 1060. The van der Waals surface area contributed by atoms with E-state index in [1.165, 1.54) is 55.5 Å². The normalized spacial score (nSPS) is 19.7. The summed E-state index contributed by atoms with van der Waals surface area (Å²) in [5, 5.41) is 0.492. The van der Waals surface area contributed by atoms with Gasteiger partial charge >= 0.3 is 5.97 Å². The number of benzene rings is 2. The van der Waals surface area contributed by atoms with Crippen molar-refractivity contribution in [2.75, 3.05) is 7.11 Å². The summed E-state index contributed by atoms with van der Waals surface area (Å²) in [5.41, 5.74) is 2.05. The summed E-state index contributed by atoms with van der Waals surface area (Å²) in [6, 6.07) is 24.1. The largest absolute Gasteiger partial charge is 0.463 e. The van der Waals surface area contributed by atoms with Crippen LogP contribution >= 0.6 is 0 Å². The Balaban J connectivity index is 2.31. The topological polar surface area (TPSA) is 44.8 Å². The monoisotopic (exact) mass is 584 g/mol. The van der Waals surface area contributed by atoms with Crippen LogP contribution in [0.15, 0.2) is 66.4 Å². The van der Waals surface area contributed by atoms with Gasteiger partial charge in [0.05, 0.1) is 29.9 Å². The number of rotatable bonds is 14. The molecule has 0 bridgehead atoms. The van der Waals surface area contributed by atoms with E-state index < -0.39 is 28.4 Å². The molecule has 2 aromatic carbocycles. The minimum atomic E-state index is -1.84. The quantitative estimate of drug-likeness (QED) is 0.164. The molecule has 0 unspecified atom stereocenters. The highest BCUT2D eigenvalue weighted by molar-refractivity contribution is 6.99. The Labute approximate surface area is 243 Å². The number of hydrogen-bond donors (Lipinski definition) is 0. The van der Waals surface area contributed by atoms with Crippen LogP contribution < -0.4 is 0 Å². The number of allylic oxidation sites excluding steroid dienone is 1. The number of carbonyl (C=O) groups excluding carboxylic acids is 1. The maximum Gasteiger partial charge on any atom is 0.373 e. The molecule has 3 rings (SSSR count). The number of methoxy groups -OCH3 is 1. The Morgan fingerprint density at radius 3 is 1.85 bits per heavy atom. The first kappa shape index (κ1) is 32.3. The molecule has 3 atom stereocenters. The van der Waals surface area contributed by atoms with E-state index in [4.69, 9.17) is 14.2 Å². The second-order valence-electron chi connectivity index (χ2n) is 11.3. The fraction of sp³-hybridized carbons (Fsp3) is 0.545. The Hall–Kier alpha value is -2.23. The van der Waals surface area contributed by atoms with Gasteiger partial charge in [-0.05, 0) is 34.5 Å². The number of hydrogen-bond acceptors (Lipinski definition) is 4. The van der Waals surface area contributed by atoms with Gasteiger partial charge in [-0.25, -0.2) is 9.18 Å². The van der Waals surface area contributed by atoms with Crippen LogP contribution in [-0.2, 0) is 25.6 Å². The SMILES string of the molecule is CC[Si](CC)(CC)C([C@H]1[C@@H](OCc2ccccc2)OC(C(=O)OC)=C[C@@H]1c1ccc(F)cc1)[Si](CC)(CC)CC. The van der Waals surface area contributed by atoms with Gasteiger partial charge < -0.3 is 14.2 Å². The van der Waals surface area contributed by atoms with Gasteiger partial charge in [0.25, 0.3) is 0 Å². The molecule has 7 heteroatoms. The zero-order valence-corrected chi connectivity index (χ0v) is 27.5. The van der Waals surface area contributed by atoms with Crippen LogP contribution in [-0.4, -0.2) is 35.5 Å². The van der Waals surface area contributed by atoms with Crippen molar-refractivity contribution in [3.63, 3.8) is 0 Å². The van der Waals surface area contributed by atoms with Crippen LogP contribution in [0.3, 0.4) is 0 Å². The van der Waals surface area contributed by atoms with Crippen molar-refractivity contribution in [1.82, 2.24) is 0 Å². The average Bonchev–Trinajstić information content (AvgIpc) is 3.01. The molecule has 4 nitrogen and oxygen atoms in total. The lowest BCUT2D eigenvalue weighted by molar-refractivity contribution is -0.178. The minimum Gasteiger partial charge on any atom is -0.463 e. The number of esters is 1. The average molecular weight is 585 g/mol. The highest BCUT2D eigenvalue weighted by Gasteiger charge is 2.57. The van der Waals surface area contributed by atoms with E-state index in [-0.39, 0.29) is 23.4 Å². The van der Waals surface area contributed by atoms with Crippen molar-refractivity contribution in [3.8, 4) is 0 Å². The minimum absolute atomic E-state index is 0.0145. The summed E-state index contributed by atoms with van der Waals surface area (Å²) in [7, 11) is -2.31. The fourth-order valence-electron chi connectivity index (χ4n) is 7.45. The van der Waals surface area contributed by atoms with E-state index >= 15 is 0 Å². The van der Waals surface area contributed by atoms with Gasteiger partial charge in [0, 0.05) is 11.8 Å². The van der Waals surface area contributed by atoms with E-state index in [1.807, 2.05) is 36.4 Å². The Morgan fingerprint density at radius 2 is 1.38 bits per heavy atom. The molecule has 1 aliphatic heterocycles. The molecule has 2 aromatic rings. The first-order chi connectivity index (χ1) is 19.3. The summed E-state index contributed by atoms with van der Waals surface area (Å²) in [4.78, 5) is 12.9. The molecule has 0 radical (unpaired) electrons. The first-order valence-corrected chi connectivity index (χ1v) is 20.6. The van der Waals surface area contributed by atoms with Crippen LogP contribution in [0.4, 0.5) is 4.39 Å². The molecule has 0 fully saturated rings. The van der Waals surface area contributed by atoms with Crippen LogP contribution in [0, 0.1) is 11.7 Å². The molecular formula is C33H49FO4Si2. The van der Waals surface area contributed by atoms with E-state index in [9.17, 15) is 9.18 Å². The van der Waals surface area contributed by atoms with Crippen LogP contribution in [0.25, 0.3) is 0 Å². The van der Waals surface area contributed by atoms with Gasteiger partial charge in [0.2, 0.25) is 12.0 Å². The summed E-state index contributed by atoms with van der Waals surface area (Å²) >= 11 is 0. The second kappa shape index (κ2) is 14.6. The molecule has 0 spiro atoms. The van der Waals surface area contributed by atoms with Crippen LogP contribution in [0.2, 0.25) is 41.4 Å². The number of ether oxygens (including phenoxy) is 3. The van der Waals surface area contributed by atoms with Crippen molar-refractivity contribution in [1.29, 1.82) is 0 Å². The van der Waals surface area contributed by atoms with Gasteiger partial charge in [0.1, 0.15) is 5.82 Å². The Kier molecular flexibility index (Phi) is 11.8. The molecule has 1 heterocycles. The van der Waals surface area contributed by atoms with E-state index in [0.717, 1.165) is 11.1 Å². The van der Waals surface area contributed by atoms with E-state index in [2.05, 4.69) is 53.7 Å². The van der Waals surface area contributed by atoms with Crippen LogP contribution in [0.5, 0.6) is 0 Å². The lowest BCUT2D eigenvalue weighted by atomic mass is 9.84. The molecule has 0 saturated heterocycles. The van der Waals surface area contributed by atoms with Gasteiger partial charge in [-0.1, -0.05) is 120 Å². The van der Waals surface area contributed by atoms with Gasteiger partial charge in [0.15, 0.2) is 0 Å². The second-order valence-corrected chi connectivity index (χ2v) is 22.8. The molecule has 0 aliphatic carbocycles. The molecule has 0 amide bonds. The Morgan fingerprint density at radius 1 is 0.850 bits per heavy atom. The highest BCUT2D eigenvalue weighted by atomic mass is 28.4. The third-order valence-corrected chi connectivity index (χ3v) is 25.7. The molecule has 40 heavy (non-hydrogen) atoms. The lowest BCUT2D eigenvalue weighted by Crippen LogP contribution is -2.59. The fourth-order valence-corrected chi connectivity index (χ4v) is 24.3. The van der Waals surface area contributed by atoms with Gasteiger partial charge in [-0.2, -0.15) is 0 Å². The number of carbonyl (C=O) groups is 1. The predicted octanol–water partition coefficient (Wildman–Crippen LogP) is 9.08. The third kappa shape index (κ3) is 6.63. The summed E-state index contributed by atoms with van der Waals surface area (Å²) in [6.45, 7) is 14.7. The summed E-state index contributed by atoms with van der Waals surface area (Å²) in [5.74, 6) is -0.733. The predicted molar refractivity (Wildman–Crippen MR) is 167 cm³/mol. The van der Waals surface area contributed by atoms with Crippen molar-refractivity contribution >= 4 is 22.1 Å². The van der Waals surface area contributed by atoms with Crippen molar-refractivity contribution in [2.24, 2.45) is 5.92 Å². The molecule has 0 N–H and O–H groups in total. The zero-order valence-electron chi connectivity index (χ0n) is 25.5. The maximum atomic E-state index is 14.1. The molecule has 220 valence electrons. The van der Waals surface area contributed by atoms with Crippen molar-refractivity contribution < 1.29 is 23.4 Å². The van der Waals surface area contributed by atoms with Crippen LogP contribution in [0.1, 0.15) is 58.6 Å². The highest BCUT2D eigenvalue weighted by Crippen LogP contribution is 2.56. The summed E-state index contributed by atoms with van der Waals surface area (Å²) in [6.07, 6.45) is 1.33. The third-order valence-electron chi connectivity index (χ3n) is 10.1. The smallest absolute Gasteiger partial charge is 0.373 e. The molecule has 0 saturated carbocycles. The molecule has 0 aromatic heterocycles. The molecule has 1 aliphatic rings. The van der Waals surface area contributed by atoms with Crippen molar-refractivity contribution in [2.45, 2.75) is 102 Å². The standard InChI is InChI=1S/C33H49FO4Si2/c1-8-39(9-2,10-3)33(40(11-4,12-5)13-6)30-28(26-19-21-27(34)22-20-26)23-29(31(35)36-7)38-32(30)37-24-25-17-15-14-16-18-25/h14-23,28,30,32-33H,8-13,24H2,1-7H3/t28-,30-,32+/m1/s1. The van der Waals surface area contributed by atoms with E-state index in [0.29, 0.717) is 11.8 Å². The number of halogens is 1. The maximum absolute atomic E-state index is 14.1. The van der Waals surface area contributed by atoms with Crippen molar-refractivity contribution in [3.05, 3.63) is 83.4 Å². The van der Waals surface area contributed by atoms with Gasteiger partial charge in [-0.3, -0.25) is 0 Å². The summed E-state index contributed by atoms with van der Waals surface area (Å²) < 4.78 is 32.5. The molecular weight excluding hydrogens is 536 g/mol. The lowest BCUT2D eigenvalue weighted by Gasteiger charge is -2.55.